The molecule has 2 aromatic carbocycles. The monoisotopic (exact) mass is 577 g/mol. The van der Waals surface area contributed by atoms with Gasteiger partial charge < -0.3 is 0 Å². The molecule has 2 aromatic rings. The van der Waals surface area contributed by atoms with Gasteiger partial charge in [-0.1, -0.05) is 6.42 Å². The molecule has 0 spiro atoms. The molecule has 0 aromatic heterocycles. The molecular weight excluding hydrogens is 556 g/mol. The summed E-state index contributed by atoms with van der Waals surface area (Å²) in [5.41, 5.74) is -0.854. The standard InChI is InChI=1S/C20H21F6N3O6S2/c21-19(22,23)13-4-8-15(9-5-13)36(32,33)27-12-2-1-3-17(18(30)28-31)29-37(34,35)16-10-6-14(7-11-16)20(24,25)26/h4-11,17,27,29,31H,1-3,12H2,(H,28,30)/t17-/m0/s1. The normalized spacial score (nSPS) is 13.8. The van der Waals surface area contributed by atoms with Crippen LogP contribution >= 0.6 is 0 Å². The summed E-state index contributed by atoms with van der Waals surface area (Å²) in [4.78, 5) is 10.9. The highest BCUT2D eigenvalue weighted by atomic mass is 32.2. The maximum absolute atomic E-state index is 12.7. The van der Waals surface area contributed by atoms with E-state index >= 15 is 0 Å². The highest BCUT2D eigenvalue weighted by Crippen LogP contribution is 2.30. The summed E-state index contributed by atoms with van der Waals surface area (Å²) in [6.45, 7) is -0.220. The number of sulfonamides is 2. The van der Waals surface area contributed by atoms with Crippen LogP contribution in [0.15, 0.2) is 58.3 Å². The molecule has 0 aliphatic carbocycles. The molecule has 0 aliphatic heterocycles. The minimum absolute atomic E-state index is 0.0309. The Bertz CT molecular complexity index is 1280. The molecule has 0 unspecified atom stereocenters. The summed E-state index contributed by atoms with van der Waals surface area (Å²) >= 11 is 0. The maximum Gasteiger partial charge on any atom is 0.416 e. The van der Waals surface area contributed by atoms with Gasteiger partial charge in [-0.3, -0.25) is 10.0 Å². The molecular formula is C20H21F6N3O6S2. The zero-order valence-electron chi connectivity index (χ0n) is 18.6. The fraction of sp³-hybridized carbons (Fsp3) is 0.350. The van der Waals surface area contributed by atoms with Crippen LogP contribution in [0.25, 0.3) is 0 Å². The number of alkyl halides is 6. The highest BCUT2D eigenvalue weighted by Gasteiger charge is 2.32. The molecule has 0 saturated heterocycles. The van der Waals surface area contributed by atoms with Crippen LogP contribution in [0, 0.1) is 0 Å². The third-order valence-electron chi connectivity index (χ3n) is 4.92. The molecule has 0 heterocycles. The van der Waals surface area contributed by atoms with Crippen LogP contribution in [0.1, 0.15) is 30.4 Å². The Kier molecular flexibility index (Phi) is 9.69. The number of hydroxylamine groups is 1. The highest BCUT2D eigenvalue weighted by molar-refractivity contribution is 7.89. The summed E-state index contributed by atoms with van der Waals surface area (Å²) in [5.74, 6) is -1.17. The van der Waals surface area contributed by atoms with Crippen molar-refractivity contribution in [3.8, 4) is 0 Å². The van der Waals surface area contributed by atoms with Crippen molar-refractivity contribution in [1.82, 2.24) is 14.9 Å². The summed E-state index contributed by atoms with van der Waals surface area (Å²) < 4.78 is 129. The number of carbonyl (C=O) groups is 1. The lowest BCUT2D eigenvalue weighted by Crippen LogP contribution is -2.45. The number of hydrogen-bond acceptors (Lipinski definition) is 6. The Labute approximate surface area is 207 Å². The van der Waals surface area contributed by atoms with E-state index in [1.54, 1.807) is 0 Å². The second-order valence-electron chi connectivity index (χ2n) is 7.59. The number of nitrogens with one attached hydrogen (secondary N) is 3. The molecule has 0 aliphatic rings. The van der Waals surface area contributed by atoms with Crippen molar-refractivity contribution in [2.75, 3.05) is 6.54 Å². The summed E-state index contributed by atoms with van der Waals surface area (Å²) in [7, 11) is -8.63. The van der Waals surface area contributed by atoms with Gasteiger partial charge in [-0.25, -0.2) is 27.0 Å². The summed E-state index contributed by atoms with van der Waals surface area (Å²) in [6.07, 6.45) is -9.49. The van der Waals surface area contributed by atoms with Crippen molar-refractivity contribution in [2.45, 2.75) is 47.4 Å². The van der Waals surface area contributed by atoms with Crippen molar-refractivity contribution in [3.05, 3.63) is 59.7 Å². The lowest BCUT2D eigenvalue weighted by Gasteiger charge is -2.17. The molecule has 0 fully saturated rings. The van der Waals surface area contributed by atoms with Crippen molar-refractivity contribution >= 4 is 26.0 Å². The first-order chi connectivity index (χ1) is 17.0. The number of amides is 1. The second-order valence-corrected chi connectivity index (χ2v) is 11.1. The molecule has 206 valence electrons. The van der Waals surface area contributed by atoms with E-state index < -0.39 is 65.3 Å². The number of benzene rings is 2. The van der Waals surface area contributed by atoms with Crippen LogP contribution in [0.5, 0.6) is 0 Å². The van der Waals surface area contributed by atoms with E-state index in [1.807, 2.05) is 4.72 Å². The molecule has 0 bridgehead atoms. The van der Waals surface area contributed by atoms with Gasteiger partial charge in [0.15, 0.2) is 0 Å². The van der Waals surface area contributed by atoms with Crippen LogP contribution in [0.4, 0.5) is 26.3 Å². The van der Waals surface area contributed by atoms with E-state index in [-0.39, 0.29) is 25.8 Å². The van der Waals surface area contributed by atoms with Gasteiger partial charge in [-0.05, 0) is 61.4 Å². The quantitative estimate of drug-likeness (QED) is 0.140. The van der Waals surface area contributed by atoms with Gasteiger partial charge in [0.25, 0.3) is 5.91 Å². The van der Waals surface area contributed by atoms with Crippen molar-refractivity contribution in [2.24, 2.45) is 0 Å². The van der Waals surface area contributed by atoms with E-state index in [1.165, 1.54) is 5.48 Å². The number of hydrogen-bond donors (Lipinski definition) is 4. The van der Waals surface area contributed by atoms with Crippen LogP contribution in [-0.2, 0) is 37.2 Å². The van der Waals surface area contributed by atoms with Gasteiger partial charge in [0.05, 0.1) is 20.9 Å². The van der Waals surface area contributed by atoms with Crippen LogP contribution in [0.3, 0.4) is 0 Å². The Morgan fingerprint density at radius 3 is 1.59 bits per heavy atom. The summed E-state index contributed by atoms with van der Waals surface area (Å²) in [5, 5.41) is 8.88. The largest absolute Gasteiger partial charge is 0.416 e. The Balaban J connectivity index is 1.96. The third-order valence-corrected chi connectivity index (χ3v) is 7.88. The first-order valence-corrected chi connectivity index (χ1v) is 13.2. The molecule has 0 radical (unpaired) electrons. The topological polar surface area (TPSA) is 142 Å². The molecule has 37 heavy (non-hydrogen) atoms. The molecule has 4 N–H and O–H groups in total. The lowest BCUT2D eigenvalue weighted by atomic mass is 10.1. The third kappa shape index (κ3) is 8.67. The van der Waals surface area contributed by atoms with Crippen LogP contribution in [0.2, 0.25) is 0 Å². The molecule has 17 heteroatoms. The van der Waals surface area contributed by atoms with E-state index in [9.17, 15) is 48.0 Å². The fourth-order valence-electron chi connectivity index (χ4n) is 2.99. The van der Waals surface area contributed by atoms with Gasteiger partial charge in [-0.2, -0.15) is 31.1 Å². The molecule has 9 nitrogen and oxygen atoms in total. The van der Waals surface area contributed by atoms with E-state index in [0.717, 1.165) is 12.1 Å². The molecule has 1 amide bonds. The average molecular weight is 578 g/mol. The Morgan fingerprint density at radius 1 is 0.757 bits per heavy atom. The first-order valence-electron chi connectivity index (χ1n) is 10.3. The predicted molar refractivity (Wildman–Crippen MR) is 116 cm³/mol. The van der Waals surface area contributed by atoms with Crippen molar-refractivity contribution < 1.29 is 53.2 Å². The SMILES string of the molecule is O=C(NO)[C@H](CCCCNS(=O)(=O)c1ccc(C(F)(F)F)cc1)NS(=O)(=O)c1ccc(C(F)(F)F)cc1. The smallest absolute Gasteiger partial charge is 0.289 e. The minimum Gasteiger partial charge on any atom is -0.289 e. The number of unbranched alkanes of at least 4 members (excludes halogenated alkanes) is 1. The minimum atomic E-state index is -4.69. The van der Waals surface area contributed by atoms with Gasteiger partial charge >= 0.3 is 12.4 Å². The second kappa shape index (κ2) is 11.8. The van der Waals surface area contributed by atoms with Crippen LogP contribution in [-0.4, -0.2) is 40.5 Å². The number of rotatable bonds is 11. The zero-order chi connectivity index (χ0) is 28.1. The van der Waals surface area contributed by atoms with Crippen molar-refractivity contribution in [1.29, 1.82) is 0 Å². The summed E-state index contributed by atoms with van der Waals surface area (Å²) in [6, 6.07) is 3.68. The Hall–Kier alpha value is -2.73. The van der Waals surface area contributed by atoms with E-state index in [2.05, 4.69) is 4.72 Å². The number of carbonyl (C=O) groups excluding carboxylic acids is 1. The zero-order valence-corrected chi connectivity index (χ0v) is 20.2. The lowest BCUT2D eigenvalue weighted by molar-refractivity contribution is -0.138. The number of halogens is 6. The van der Waals surface area contributed by atoms with Gasteiger partial charge in [0.1, 0.15) is 6.04 Å². The molecule has 1 atom stereocenters. The van der Waals surface area contributed by atoms with E-state index in [4.69, 9.17) is 5.21 Å². The maximum atomic E-state index is 12.7. The van der Waals surface area contributed by atoms with Gasteiger partial charge in [0, 0.05) is 6.54 Å². The van der Waals surface area contributed by atoms with Crippen molar-refractivity contribution in [3.63, 3.8) is 0 Å². The van der Waals surface area contributed by atoms with E-state index in [0.29, 0.717) is 36.4 Å². The van der Waals surface area contributed by atoms with Gasteiger partial charge in [0.2, 0.25) is 20.0 Å². The average Bonchev–Trinajstić information content (AvgIpc) is 2.81. The molecule has 2 rings (SSSR count). The fourth-order valence-corrected chi connectivity index (χ4v) is 5.29. The van der Waals surface area contributed by atoms with Crippen LogP contribution < -0.4 is 14.9 Å². The molecule has 0 saturated carbocycles. The predicted octanol–water partition coefficient (Wildman–Crippen LogP) is 3.03. The Morgan fingerprint density at radius 2 is 1.19 bits per heavy atom. The van der Waals surface area contributed by atoms with Gasteiger partial charge in [-0.15, -0.1) is 0 Å². The first kappa shape index (κ1) is 30.5.